The third-order valence-corrected chi connectivity index (χ3v) is 3.76. The van der Waals surface area contributed by atoms with Gasteiger partial charge >= 0.3 is 0 Å². The van der Waals surface area contributed by atoms with E-state index in [1.807, 2.05) is 18.2 Å². The van der Waals surface area contributed by atoms with Gasteiger partial charge in [0.25, 0.3) is 0 Å². The largest absolute Gasteiger partial charge is 0.389 e. The van der Waals surface area contributed by atoms with E-state index in [2.05, 4.69) is 17.3 Å². The lowest BCUT2D eigenvalue weighted by atomic mass is 10.1. The predicted molar refractivity (Wildman–Crippen MR) is 81.5 cm³/mol. The average molecular weight is 284 g/mol. The number of rotatable bonds is 3. The fraction of sp³-hybridized carbons (Fsp3) is 0.462. The van der Waals surface area contributed by atoms with Crippen LogP contribution in [0.2, 0.25) is 5.02 Å². The van der Waals surface area contributed by atoms with Gasteiger partial charge in [-0.05, 0) is 44.6 Å². The average Bonchev–Trinajstić information content (AvgIpc) is 2.28. The molecule has 5 heteroatoms. The first-order valence-electron chi connectivity index (χ1n) is 6.10. The Hall–Kier alpha value is -0.840. The van der Waals surface area contributed by atoms with Crippen LogP contribution in [0.25, 0.3) is 0 Å². The Morgan fingerprint density at radius 1 is 1.56 bits per heavy atom. The molecule has 1 aromatic rings. The SMILES string of the molecule is CN1CCCC(Nc2ccc(C(N)=S)c(Cl)c2)C1. The maximum atomic E-state index is 6.15. The van der Waals surface area contributed by atoms with Gasteiger partial charge in [-0.3, -0.25) is 0 Å². The van der Waals surface area contributed by atoms with Crippen molar-refractivity contribution in [2.24, 2.45) is 5.73 Å². The summed E-state index contributed by atoms with van der Waals surface area (Å²) in [5.41, 5.74) is 7.35. The Balaban J connectivity index is 2.05. The van der Waals surface area contributed by atoms with Gasteiger partial charge in [-0.1, -0.05) is 23.8 Å². The zero-order valence-corrected chi connectivity index (χ0v) is 12.0. The molecular formula is C13H18ClN3S. The molecule has 98 valence electrons. The van der Waals surface area contributed by atoms with Crippen molar-refractivity contribution < 1.29 is 0 Å². The Bertz CT molecular complexity index is 450. The molecule has 1 heterocycles. The molecular weight excluding hydrogens is 266 g/mol. The van der Waals surface area contributed by atoms with Crippen molar-refractivity contribution in [3.8, 4) is 0 Å². The molecule has 0 amide bonds. The van der Waals surface area contributed by atoms with E-state index in [9.17, 15) is 0 Å². The number of nitrogens with one attached hydrogen (secondary N) is 1. The number of halogens is 1. The number of nitrogens with two attached hydrogens (primary N) is 1. The van der Waals surface area contributed by atoms with Gasteiger partial charge in [-0.25, -0.2) is 0 Å². The van der Waals surface area contributed by atoms with E-state index in [1.165, 1.54) is 19.4 Å². The molecule has 3 N–H and O–H groups in total. The molecule has 0 radical (unpaired) electrons. The number of thiocarbonyl (C=S) groups is 1. The minimum Gasteiger partial charge on any atom is -0.389 e. The molecule has 1 fully saturated rings. The summed E-state index contributed by atoms with van der Waals surface area (Å²) < 4.78 is 0. The lowest BCUT2D eigenvalue weighted by molar-refractivity contribution is 0.261. The third-order valence-electron chi connectivity index (χ3n) is 3.23. The summed E-state index contributed by atoms with van der Waals surface area (Å²) in [4.78, 5) is 2.68. The first-order valence-corrected chi connectivity index (χ1v) is 6.89. The molecule has 1 unspecified atom stereocenters. The maximum absolute atomic E-state index is 6.15. The van der Waals surface area contributed by atoms with Crippen molar-refractivity contribution in [3.63, 3.8) is 0 Å². The molecule has 0 spiro atoms. The van der Waals surface area contributed by atoms with E-state index >= 15 is 0 Å². The Morgan fingerprint density at radius 2 is 2.33 bits per heavy atom. The van der Waals surface area contributed by atoms with Crippen molar-refractivity contribution in [1.82, 2.24) is 4.90 Å². The second-order valence-corrected chi connectivity index (χ2v) is 5.65. The van der Waals surface area contributed by atoms with Gasteiger partial charge in [-0.2, -0.15) is 0 Å². The predicted octanol–water partition coefficient (Wildman–Crippen LogP) is 2.48. The normalized spacial score (nSPS) is 20.7. The van der Waals surface area contributed by atoms with Gasteiger partial charge < -0.3 is 16.0 Å². The topological polar surface area (TPSA) is 41.3 Å². The highest BCUT2D eigenvalue weighted by molar-refractivity contribution is 7.80. The number of nitrogens with zero attached hydrogens (tertiary/aromatic N) is 1. The number of hydrogen-bond acceptors (Lipinski definition) is 3. The summed E-state index contributed by atoms with van der Waals surface area (Å²) >= 11 is 11.1. The van der Waals surface area contributed by atoms with Crippen LogP contribution in [0.4, 0.5) is 5.69 Å². The van der Waals surface area contributed by atoms with Crippen molar-refractivity contribution >= 4 is 34.5 Å². The summed E-state index contributed by atoms with van der Waals surface area (Å²) in [7, 11) is 2.15. The molecule has 0 bridgehead atoms. The molecule has 0 saturated carbocycles. The van der Waals surface area contributed by atoms with E-state index in [0.29, 0.717) is 16.1 Å². The van der Waals surface area contributed by atoms with Crippen LogP contribution in [0.3, 0.4) is 0 Å². The van der Waals surface area contributed by atoms with Crippen LogP contribution in [0.1, 0.15) is 18.4 Å². The lowest BCUT2D eigenvalue weighted by Gasteiger charge is -2.31. The number of likely N-dealkylation sites (N-methyl/N-ethyl adjacent to an activating group) is 1. The van der Waals surface area contributed by atoms with Gasteiger partial charge in [0.1, 0.15) is 4.99 Å². The zero-order chi connectivity index (χ0) is 13.1. The van der Waals surface area contributed by atoms with Crippen LogP contribution in [0, 0.1) is 0 Å². The number of piperidine rings is 1. The third kappa shape index (κ3) is 3.34. The standard InChI is InChI=1S/C13H18ClN3S/c1-17-6-2-3-10(8-17)16-9-4-5-11(13(15)18)12(14)7-9/h4-5,7,10,16H,2-3,6,8H2,1H3,(H2,15,18). The smallest absolute Gasteiger partial charge is 0.105 e. The zero-order valence-electron chi connectivity index (χ0n) is 10.4. The minimum absolute atomic E-state index is 0.337. The van der Waals surface area contributed by atoms with Crippen LogP contribution in [-0.4, -0.2) is 36.1 Å². The second-order valence-electron chi connectivity index (χ2n) is 4.80. The molecule has 1 saturated heterocycles. The highest BCUT2D eigenvalue weighted by Crippen LogP contribution is 2.22. The number of anilines is 1. The first-order chi connectivity index (χ1) is 8.56. The van der Waals surface area contributed by atoms with E-state index in [1.54, 1.807) is 0 Å². The van der Waals surface area contributed by atoms with Gasteiger partial charge in [0.2, 0.25) is 0 Å². The Morgan fingerprint density at radius 3 is 2.94 bits per heavy atom. The molecule has 1 atom stereocenters. The van der Waals surface area contributed by atoms with Crippen LogP contribution >= 0.6 is 23.8 Å². The molecule has 1 aromatic carbocycles. The van der Waals surface area contributed by atoms with Crippen molar-refractivity contribution in [2.75, 3.05) is 25.5 Å². The molecule has 1 aliphatic rings. The summed E-state index contributed by atoms with van der Waals surface area (Å²) in [6, 6.07) is 6.23. The molecule has 0 aromatic heterocycles. The molecule has 0 aliphatic carbocycles. The Kier molecular flexibility index (Phi) is 4.43. The highest BCUT2D eigenvalue weighted by Gasteiger charge is 2.17. The van der Waals surface area contributed by atoms with Crippen molar-refractivity contribution in [3.05, 3.63) is 28.8 Å². The summed E-state index contributed by atoms with van der Waals surface area (Å²) in [5.74, 6) is 0. The molecule has 18 heavy (non-hydrogen) atoms. The fourth-order valence-electron chi connectivity index (χ4n) is 2.32. The van der Waals surface area contributed by atoms with E-state index < -0.39 is 0 Å². The summed E-state index contributed by atoms with van der Waals surface area (Å²) in [6.07, 6.45) is 2.42. The first kappa shape index (κ1) is 13.6. The van der Waals surface area contributed by atoms with E-state index in [-0.39, 0.29) is 0 Å². The lowest BCUT2D eigenvalue weighted by Crippen LogP contribution is -2.39. The second kappa shape index (κ2) is 5.87. The molecule has 3 nitrogen and oxygen atoms in total. The highest BCUT2D eigenvalue weighted by atomic mass is 35.5. The van der Waals surface area contributed by atoms with Crippen molar-refractivity contribution in [2.45, 2.75) is 18.9 Å². The summed E-state index contributed by atoms with van der Waals surface area (Å²) in [5, 5.41) is 4.12. The van der Waals surface area contributed by atoms with Crippen LogP contribution in [0.15, 0.2) is 18.2 Å². The molecule has 1 aliphatic heterocycles. The van der Waals surface area contributed by atoms with Gasteiger partial charge in [0.15, 0.2) is 0 Å². The number of likely N-dealkylation sites (tertiary alicyclic amines) is 1. The minimum atomic E-state index is 0.337. The van der Waals surface area contributed by atoms with Crippen LogP contribution in [0.5, 0.6) is 0 Å². The quantitative estimate of drug-likeness (QED) is 0.837. The van der Waals surface area contributed by atoms with Crippen molar-refractivity contribution in [1.29, 1.82) is 0 Å². The number of hydrogen-bond donors (Lipinski definition) is 2. The van der Waals surface area contributed by atoms with E-state index in [4.69, 9.17) is 29.6 Å². The maximum Gasteiger partial charge on any atom is 0.105 e. The fourth-order valence-corrected chi connectivity index (χ4v) is 2.84. The number of benzene rings is 1. The van der Waals surface area contributed by atoms with Gasteiger partial charge in [0, 0.05) is 23.8 Å². The van der Waals surface area contributed by atoms with E-state index in [0.717, 1.165) is 17.8 Å². The van der Waals surface area contributed by atoms with Gasteiger partial charge in [-0.15, -0.1) is 0 Å². The summed E-state index contributed by atoms with van der Waals surface area (Å²) in [6.45, 7) is 2.24. The van der Waals surface area contributed by atoms with Crippen LogP contribution in [-0.2, 0) is 0 Å². The monoisotopic (exact) mass is 283 g/mol. The Labute approximate surface area is 118 Å². The van der Waals surface area contributed by atoms with Gasteiger partial charge in [0.05, 0.1) is 5.02 Å². The van der Waals surface area contributed by atoms with Crippen LogP contribution < -0.4 is 11.1 Å². The molecule has 2 rings (SSSR count).